The average Bonchev–Trinajstić information content (AvgIpc) is 2.33. The first-order valence-electron chi connectivity index (χ1n) is 6.06. The van der Waals surface area contributed by atoms with Crippen molar-refractivity contribution in [3.63, 3.8) is 0 Å². The van der Waals surface area contributed by atoms with E-state index in [-0.39, 0.29) is 5.91 Å². The third-order valence-corrected chi connectivity index (χ3v) is 3.29. The molecule has 4 heteroatoms. The lowest BCUT2D eigenvalue weighted by Crippen LogP contribution is -2.47. The van der Waals surface area contributed by atoms with Crippen LogP contribution in [0.3, 0.4) is 0 Å². The van der Waals surface area contributed by atoms with Gasteiger partial charge in [0.25, 0.3) is 0 Å². The van der Waals surface area contributed by atoms with E-state index in [2.05, 4.69) is 10.3 Å². The molecule has 2 N–H and O–H groups in total. The van der Waals surface area contributed by atoms with Gasteiger partial charge in [0.2, 0.25) is 5.91 Å². The minimum Gasteiger partial charge on any atom is -0.388 e. The molecule has 0 unspecified atom stereocenters. The second kappa shape index (κ2) is 5.27. The number of aliphatic hydroxyl groups is 1. The van der Waals surface area contributed by atoms with Crippen molar-refractivity contribution in [2.75, 3.05) is 6.54 Å². The van der Waals surface area contributed by atoms with Crippen LogP contribution in [-0.2, 0) is 11.2 Å². The summed E-state index contributed by atoms with van der Waals surface area (Å²) in [5.41, 5.74) is 0.476. The molecule has 2 rings (SSSR count). The van der Waals surface area contributed by atoms with E-state index >= 15 is 0 Å². The van der Waals surface area contributed by atoms with Gasteiger partial charge in [-0.25, -0.2) is 0 Å². The molecule has 0 bridgehead atoms. The van der Waals surface area contributed by atoms with Crippen LogP contribution < -0.4 is 5.32 Å². The predicted octanol–water partition coefficient (Wildman–Crippen LogP) is 1.05. The molecule has 1 saturated carbocycles. The van der Waals surface area contributed by atoms with Crippen LogP contribution in [0.4, 0.5) is 0 Å². The molecule has 92 valence electrons. The van der Waals surface area contributed by atoms with Crippen molar-refractivity contribution >= 4 is 5.91 Å². The second-order valence-corrected chi connectivity index (χ2v) is 4.71. The maximum atomic E-state index is 11.6. The van der Waals surface area contributed by atoms with E-state index in [0.29, 0.717) is 19.4 Å². The van der Waals surface area contributed by atoms with Crippen molar-refractivity contribution in [2.45, 2.75) is 37.7 Å². The Balaban J connectivity index is 1.67. The highest BCUT2D eigenvalue weighted by Gasteiger charge is 2.34. The zero-order chi connectivity index (χ0) is 12.1. The summed E-state index contributed by atoms with van der Waals surface area (Å²) in [6, 6.07) is 3.82. The fraction of sp³-hybridized carbons (Fsp3) is 0.538. The summed E-state index contributed by atoms with van der Waals surface area (Å²) in [5, 5.41) is 12.6. The molecule has 1 aromatic rings. The zero-order valence-electron chi connectivity index (χ0n) is 9.85. The summed E-state index contributed by atoms with van der Waals surface area (Å²) < 4.78 is 0. The van der Waals surface area contributed by atoms with Crippen LogP contribution in [0.1, 0.15) is 31.2 Å². The Kier molecular flexibility index (Phi) is 3.74. The molecular weight excluding hydrogens is 216 g/mol. The summed E-state index contributed by atoms with van der Waals surface area (Å²) >= 11 is 0. The molecule has 17 heavy (non-hydrogen) atoms. The van der Waals surface area contributed by atoms with Gasteiger partial charge in [-0.15, -0.1) is 0 Å². The number of nitrogens with zero attached hydrogens (tertiary/aromatic N) is 1. The van der Waals surface area contributed by atoms with Gasteiger partial charge in [-0.3, -0.25) is 9.78 Å². The maximum Gasteiger partial charge on any atom is 0.220 e. The van der Waals surface area contributed by atoms with Gasteiger partial charge in [-0.1, -0.05) is 0 Å². The van der Waals surface area contributed by atoms with Crippen molar-refractivity contribution in [3.8, 4) is 0 Å². The minimum atomic E-state index is -0.633. The highest BCUT2D eigenvalue weighted by Crippen LogP contribution is 2.30. The van der Waals surface area contributed by atoms with E-state index in [1.54, 1.807) is 12.4 Å². The molecule has 1 fully saturated rings. The smallest absolute Gasteiger partial charge is 0.220 e. The number of aromatic nitrogens is 1. The normalized spacial score (nSPS) is 17.2. The van der Waals surface area contributed by atoms with Gasteiger partial charge in [0, 0.05) is 25.4 Å². The first-order valence-corrected chi connectivity index (χ1v) is 6.06. The number of rotatable bonds is 5. The molecular formula is C13H18N2O2. The molecule has 1 heterocycles. The van der Waals surface area contributed by atoms with Crippen LogP contribution in [0.2, 0.25) is 0 Å². The van der Waals surface area contributed by atoms with Crippen molar-refractivity contribution in [3.05, 3.63) is 30.1 Å². The molecule has 0 saturated heterocycles. The highest BCUT2D eigenvalue weighted by molar-refractivity contribution is 5.76. The van der Waals surface area contributed by atoms with E-state index in [1.165, 1.54) is 0 Å². The Morgan fingerprint density at radius 2 is 2.12 bits per heavy atom. The van der Waals surface area contributed by atoms with E-state index in [1.807, 2.05) is 12.1 Å². The number of aryl methyl sites for hydroxylation is 1. The summed E-state index contributed by atoms with van der Waals surface area (Å²) in [7, 11) is 0. The number of amides is 1. The van der Waals surface area contributed by atoms with Crippen LogP contribution in [0.15, 0.2) is 24.5 Å². The third kappa shape index (κ3) is 3.53. The Morgan fingerprint density at radius 3 is 2.71 bits per heavy atom. The molecule has 0 atom stereocenters. The van der Waals surface area contributed by atoms with Crippen LogP contribution in [0.5, 0.6) is 0 Å². The van der Waals surface area contributed by atoms with Crippen LogP contribution in [0.25, 0.3) is 0 Å². The third-order valence-electron chi connectivity index (χ3n) is 3.29. The van der Waals surface area contributed by atoms with Gasteiger partial charge in [-0.05, 0) is 43.4 Å². The van der Waals surface area contributed by atoms with Crippen molar-refractivity contribution < 1.29 is 9.90 Å². The van der Waals surface area contributed by atoms with Gasteiger partial charge in [0.15, 0.2) is 0 Å². The highest BCUT2D eigenvalue weighted by atomic mass is 16.3. The first kappa shape index (κ1) is 12.0. The Morgan fingerprint density at radius 1 is 1.41 bits per heavy atom. The van der Waals surface area contributed by atoms with Crippen molar-refractivity contribution in [1.82, 2.24) is 10.3 Å². The topological polar surface area (TPSA) is 62.2 Å². The SMILES string of the molecule is O=C(CCc1ccncc1)NCC1(O)CCC1. The quantitative estimate of drug-likeness (QED) is 0.800. The van der Waals surface area contributed by atoms with Gasteiger partial charge in [0.1, 0.15) is 0 Å². The van der Waals surface area contributed by atoms with Crippen LogP contribution in [-0.4, -0.2) is 28.1 Å². The number of carbonyl (C=O) groups is 1. The van der Waals surface area contributed by atoms with Gasteiger partial charge >= 0.3 is 0 Å². The molecule has 0 aliphatic heterocycles. The Labute approximate surface area is 101 Å². The van der Waals surface area contributed by atoms with E-state index in [0.717, 1.165) is 24.8 Å². The molecule has 1 aliphatic rings. The molecule has 1 aliphatic carbocycles. The van der Waals surface area contributed by atoms with Crippen molar-refractivity contribution in [1.29, 1.82) is 0 Å². The number of nitrogens with one attached hydrogen (secondary N) is 1. The largest absolute Gasteiger partial charge is 0.388 e. The second-order valence-electron chi connectivity index (χ2n) is 4.71. The van der Waals surface area contributed by atoms with Gasteiger partial charge in [-0.2, -0.15) is 0 Å². The van der Waals surface area contributed by atoms with Crippen LogP contribution >= 0.6 is 0 Å². The van der Waals surface area contributed by atoms with E-state index in [9.17, 15) is 9.90 Å². The molecule has 0 spiro atoms. The first-order chi connectivity index (χ1) is 8.18. The van der Waals surface area contributed by atoms with Gasteiger partial charge < -0.3 is 10.4 Å². The lowest BCUT2D eigenvalue weighted by Gasteiger charge is -2.36. The standard InChI is InChI=1S/C13H18N2O2/c16-12(15-10-13(17)6-1-7-13)3-2-11-4-8-14-9-5-11/h4-5,8-9,17H,1-3,6-7,10H2,(H,15,16). The van der Waals surface area contributed by atoms with Crippen LogP contribution in [0, 0.1) is 0 Å². The lowest BCUT2D eigenvalue weighted by molar-refractivity contribution is -0.123. The van der Waals surface area contributed by atoms with E-state index < -0.39 is 5.60 Å². The van der Waals surface area contributed by atoms with E-state index in [4.69, 9.17) is 0 Å². The predicted molar refractivity (Wildman–Crippen MR) is 64.4 cm³/mol. The Hall–Kier alpha value is -1.42. The molecule has 0 aromatic carbocycles. The summed E-state index contributed by atoms with van der Waals surface area (Å²) in [6.45, 7) is 0.391. The van der Waals surface area contributed by atoms with Gasteiger partial charge in [0.05, 0.1) is 5.60 Å². The monoisotopic (exact) mass is 234 g/mol. The summed E-state index contributed by atoms with van der Waals surface area (Å²) in [6.07, 6.45) is 7.29. The maximum absolute atomic E-state index is 11.6. The number of hydrogen-bond acceptors (Lipinski definition) is 3. The van der Waals surface area contributed by atoms with Crippen molar-refractivity contribution in [2.24, 2.45) is 0 Å². The number of pyridine rings is 1. The fourth-order valence-corrected chi connectivity index (χ4v) is 1.92. The summed E-state index contributed by atoms with van der Waals surface area (Å²) in [5.74, 6) is 0.00198. The minimum absolute atomic E-state index is 0.00198. The average molecular weight is 234 g/mol. The number of carbonyl (C=O) groups excluding carboxylic acids is 1. The zero-order valence-corrected chi connectivity index (χ0v) is 9.85. The Bertz CT molecular complexity index is 374. The lowest BCUT2D eigenvalue weighted by atomic mass is 9.80. The molecule has 4 nitrogen and oxygen atoms in total. The summed E-state index contributed by atoms with van der Waals surface area (Å²) in [4.78, 5) is 15.5. The molecule has 1 amide bonds. The molecule has 1 aromatic heterocycles. The number of hydrogen-bond donors (Lipinski definition) is 2. The fourth-order valence-electron chi connectivity index (χ4n) is 1.92. The molecule has 0 radical (unpaired) electrons.